The Balaban J connectivity index is 2.47. The molecule has 0 aromatic heterocycles. The molecule has 1 rings (SSSR count). The molecule has 1 atom stereocenters. The summed E-state index contributed by atoms with van der Waals surface area (Å²) >= 11 is 6.21. The summed E-state index contributed by atoms with van der Waals surface area (Å²) < 4.78 is 0. The Morgan fingerprint density at radius 1 is 1.64 bits per heavy atom. The number of alkyl halides is 1. The van der Waals surface area contributed by atoms with E-state index in [2.05, 4.69) is 26.5 Å². The maximum atomic E-state index is 6.21. The molecule has 0 fully saturated rings. The van der Waals surface area contributed by atoms with E-state index in [1.807, 2.05) is 6.08 Å². The maximum Gasteiger partial charge on any atom is 0.0523 e. The highest BCUT2D eigenvalue weighted by Gasteiger charge is 2.26. The smallest absolute Gasteiger partial charge is 0.0523 e. The second-order valence-electron chi connectivity index (χ2n) is 5.07. The zero-order valence-corrected chi connectivity index (χ0v) is 10.1. The van der Waals surface area contributed by atoms with Gasteiger partial charge in [-0.15, -0.1) is 18.2 Å². The van der Waals surface area contributed by atoms with E-state index < -0.39 is 0 Å². The van der Waals surface area contributed by atoms with Crippen molar-refractivity contribution >= 4 is 11.6 Å². The number of hydrogen-bond acceptors (Lipinski definition) is 0. The molecule has 0 heterocycles. The molecule has 0 saturated heterocycles. The first-order chi connectivity index (χ1) is 6.53. The van der Waals surface area contributed by atoms with Gasteiger partial charge in [0.25, 0.3) is 0 Å². The number of allylic oxidation sites excluding steroid dienone is 3. The Labute approximate surface area is 93.0 Å². The van der Waals surface area contributed by atoms with Gasteiger partial charge in [-0.25, -0.2) is 0 Å². The summed E-state index contributed by atoms with van der Waals surface area (Å²) in [5.41, 5.74) is 1.94. The lowest BCUT2D eigenvalue weighted by Crippen LogP contribution is -2.22. The zero-order chi connectivity index (χ0) is 10.6. The van der Waals surface area contributed by atoms with Gasteiger partial charge in [0.1, 0.15) is 0 Å². The fourth-order valence-corrected chi connectivity index (χ4v) is 2.83. The van der Waals surface area contributed by atoms with Crippen molar-refractivity contribution in [1.29, 1.82) is 0 Å². The van der Waals surface area contributed by atoms with Gasteiger partial charge in [-0.05, 0) is 37.5 Å². The van der Waals surface area contributed by atoms with E-state index >= 15 is 0 Å². The van der Waals surface area contributed by atoms with E-state index in [0.717, 1.165) is 12.8 Å². The third-order valence-electron chi connectivity index (χ3n) is 2.78. The summed E-state index contributed by atoms with van der Waals surface area (Å²) in [6.07, 6.45) is 10.1. The van der Waals surface area contributed by atoms with Crippen LogP contribution < -0.4 is 0 Å². The highest BCUT2D eigenvalue weighted by Crippen LogP contribution is 2.38. The lowest BCUT2D eigenvalue weighted by Gasteiger charge is -2.32. The Kier molecular flexibility index (Phi) is 4.25. The van der Waals surface area contributed by atoms with Crippen LogP contribution in [0.25, 0.3) is 0 Å². The summed E-state index contributed by atoms with van der Waals surface area (Å²) in [5, 5.41) is 0.248. The third kappa shape index (κ3) is 3.88. The quantitative estimate of drug-likeness (QED) is 0.360. The van der Waals surface area contributed by atoms with Gasteiger partial charge >= 0.3 is 0 Å². The van der Waals surface area contributed by atoms with Gasteiger partial charge in [0, 0.05) is 0 Å². The normalized spacial score (nSPS) is 25.6. The SMILES string of the molecule is C=CCCCC1=CC(Cl)CC(C)(C)C1. The number of hydrogen-bond donors (Lipinski definition) is 0. The van der Waals surface area contributed by atoms with Crippen LogP contribution in [0.4, 0.5) is 0 Å². The van der Waals surface area contributed by atoms with E-state index in [1.165, 1.54) is 19.3 Å². The van der Waals surface area contributed by atoms with E-state index in [-0.39, 0.29) is 5.38 Å². The molecule has 1 heteroatoms. The van der Waals surface area contributed by atoms with Gasteiger partial charge in [0.2, 0.25) is 0 Å². The van der Waals surface area contributed by atoms with Crippen molar-refractivity contribution in [2.24, 2.45) is 5.41 Å². The minimum atomic E-state index is 0.248. The van der Waals surface area contributed by atoms with Gasteiger partial charge in [0.15, 0.2) is 0 Å². The van der Waals surface area contributed by atoms with Crippen molar-refractivity contribution in [3.63, 3.8) is 0 Å². The standard InChI is InChI=1S/C13H21Cl/c1-4-5-6-7-11-8-12(14)10-13(2,3)9-11/h4,8,12H,1,5-7,9-10H2,2-3H3. The van der Waals surface area contributed by atoms with Crippen LogP contribution in [0.1, 0.15) is 46.0 Å². The van der Waals surface area contributed by atoms with Gasteiger partial charge < -0.3 is 0 Å². The molecule has 0 amide bonds. The average molecular weight is 213 g/mol. The van der Waals surface area contributed by atoms with Crippen LogP contribution in [0.5, 0.6) is 0 Å². The van der Waals surface area contributed by atoms with Crippen LogP contribution in [-0.2, 0) is 0 Å². The van der Waals surface area contributed by atoms with Gasteiger partial charge in [-0.2, -0.15) is 0 Å². The molecular formula is C13H21Cl. The summed E-state index contributed by atoms with van der Waals surface area (Å²) in [6, 6.07) is 0. The lowest BCUT2D eigenvalue weighted by atomic mass is 9.76. The average Bonchev–Trinajstić information content (AvgIpc) is 2.00. The molecule has 0 N–H and O–H groups in total. The maximum absolute atomic E-state index is 6.21. The fraction of sp³-hybridized carbons (Fsp3) is 0.692. The zero-order valence-electron chi connectivity index (χ0n) is 9.35. The molecule has 0 spiro atoms. The van der Waals surface area contributed by atoms with Crippen molar-refractivity contribution in [3.8, 4) is 0 Å². The van der Waals surface area contributed by atoms with Crippen molar-refractivity contribution in [3.05, 3.63) is 24.3 Å². The second kappa shape index (κ2) is 5.02. The second-order valence-corrected chi connectivity index (χ2v) is 5.63. The van der Waals surface area contributed by atoms with Crippen molar-refractivity contribution < 1.29 is 0 Å². The topological polar surface area (TPSA) is 0 Å². The Morgan fingerprint density at radius 3 is 2.93 bits per heavy atom. The lowest BCUT2D eigenvalue weighted by molar-refractivity contribution is 0.318. The predicted octanol–water partition coefficient (Wildman–Crippen LogP) is 4.70. The van der Waals surface area contributed by atoms with Crippen LogP contribution in [0.2, 0.25) is 0 Å². The molecular weight excluding hydrogens is 192 g/mol. The van der Waals surface area contributed by atoms with Gasteiger partial charge in [-0.3, -0.25) is 0 Å². The summed E-state index contributed by atoms with van der Waals surface area (Å²) in [4.78, 5) is 0. The minimum Gasteiger partial charge on any atom is -0.118 e. The Morgan fingerprint density at radius 2 is 2.36 bits per heavy atom. The minimum absolute atomic E-state index is 0.248. The summed E-state index contributed by atoms with van der Waals surface area (Å²) in [5.74, 6) is 0. The predicted molar refractivity (Wildman–Crippen MR) is 64.8 cm³/mol. The van der Waals surface area contributed by atoms with Crippen LogP contribution in [0.3, 0.4) is 0 Å². The monoisotopic (exact) mass is 212 g/mol. The first-order valence-corrected chi connectivity index (χ1v) is 5.92. The fourth-order valence-electron chi connectivity index (χ4n) is 2.23. The molecule has 80 valence electrons. The van der Waals surface area contributed by atoms with E-state index in [0.29, 0.717) is 5.41 Å². The first-order valence-electron chi connectivity index (χ1n) is 5.48. The van der Waals surface area contributed by atoms with Gasteiger partial charge in [-0.1, -0.05) is 31.6 Å². The number of rotatable bonds is 4. The summed E-state index contributed by atoms with van der Waals surface area (Å²) in [7, 11) is 0. The molecule has 0 nitrogen and oxygen atoms in total. The molecule has 0 aromatic carbocycles. The molecule has 1 unspecified atom stereocenters. The molecule has 0 aliphatic heterocycles. The Hall–Kier alpha value is -0.230. The number of halogens is 1. The molecule has 0 bridgehead atoms. The molecule has 1 aliphatic rings. The summed E-state index contributed by atoms with van der Waals surface area (Å²) in [6.45, 7) is 8.36. The largest absolute Gasteiger partial charge is 0.118 e. The van der Waals surface area contributed by atoms with Crippen LogP contribution in [-0.4, -0.2) is 5.38 Å². The van der Waals surface area contributed by atoms with Crippen molar-refractivity contribution in [2.45, 2.75) is 51.3 Å². The van der Waals surface area contributed by atoms with Crippen LogP contribution >= 0.6 is 11.6 Å². The Bertz CT molecular complexity index is 225. The van der Waals surface area contributed by atoms with E-state index in [9.17, 15) is 0 Å². The van der Waals surface area contributed by atoms with E-state index in [4.69, 9.17) is 11.6 Å². The molecule has 14 heavy (non-hydrogen) atoms. The third-order valence-corrected chi connectivity index (χ3v) is 3.06. The molecule has 1 aliphatic carbocycles. The molecule has 0 radical (unpaired) electrons. The first kappa shape index (κ1) is 11.8. The highest BCUT2D eigenvalue weighted by molar-refractivity contribution is 6.21. The molecule has 0 aromatic rings. The van der Waals surface area contributed by atoms with Crippen LogP contribution in [0, 0.1) is 5.41 Å². The van der Waals surface area contributed by atoms with Crippen molar-refractivity contribution in [1.82, 2.24) is 0 Å². The van der Waals surface area contributed by atoms with E-state index in [1.54, 1.807) is 5.57 Å². The number of unbranched alkanes of at least 4 members (excludes halogenated alkanes) is 1. The van der Waals surface area contributed by atoms with Crippen LogP contribution in [0.15, 0.2) is 24.3 Å². The molecule has 0 saturated carbocycles. The van der Waals surface area contributed by atoms with Crippen molar-refractivity contribution in [2.75, 3.05) is 0 Å². The highest BCUT2D eigenvalue weighted by atomic mass is 35.5. The van der Waals surface area contributed by atoms with Gasteiger partial charge in [0.05, 0.1) is 5.38 Å².